The van der Waals surface area contributed by atoms with Gasteiger partial charge in [-0.05, 0) is 44.6 Å². The van der Waals surface area contributed by atoms with E-state index in [1.54, 1.807) is 0 Å². The molecular formula is C16H22N4O. The third-order valence-electron chi connectivity index (χ3n) is 4.25. The summed E-state index contributed by atoms with van der Waals surface area (Å²) in [6.45, 7) is 5.84. The number of rotatable bonds is 4. The fourth-order valence-corrected chi connectivity index (χ4v) is 3.04. The molecule has 2 N–H and O–H groups in total. The van der Waals surface area contributed by atoms with Crippen LogP contribution in [0.2, 0.25) is 0 Å². The van der Waals surface area contributed by atoms with Gasteiger partial charge in [0.15, 0.2) is 0 Å². The third-order valence-corrected chi connectivity index (χ3v) is 4.25. The molecule has 5 nitrogen and oxygen atoms in total. The molecule has 0 radical (unpaired) electrons. The lowest BCUT2D eigenvalue weighted by molar-refractivity contribution is 0.160. The van der Waals surface area contributed by atoms with E-state index in [0.717, 1.165) is 43.5 Å². The SMILES string of the molecule is CCN(Cc1nc2ccccc2[nH]c1=O)C1CCNCC1. The Labute approximate surface area is 124 Å². The first-order chi connectivity index (χ1) is 10.3. The van der Waals surface area contributed by atoms with Gasteiger partial charge in [0.1, 0.15) is 5.69 Å². The van der Waals surface area contributed by atoms with Crippen molar-refractivity contribution in [3.05, 3.63) is 40.3 Å². The maximum Gasteiger partial charge on any atom is 0.271 e. The minimum Gasteiger partial charge on any atom is -0.319 e. The summed E-state index contributed by atoms with van der Waals surface area (Å²) >= 11 is 0. The van der Waals surface area contributed by atoms with E-state index in [9.17, 15) is 4.79 Å². The van der Waals surface area contributed by atoms with Crippen molar-refractivity contribution in [2.75, 3.05) is 19.6 Å². The van der Waals surface area contributed by atoms with Crippen LogP contribution in [0.3, 0.4) is 0 Å². The van der Waals surface area contributed by atoms with Crippen molar-refractivity contribution >= 4 is 11.0 Å². The Bertz CT molecular complexity index is 661. The molecule has 1 aliphatic heterocycles. The highest BCUT2D eigenvalue weighted by molar-refractivity contribution is 5.73. The predicted octanol–water partition coefficient (Wildman–Crippen LogP) is 1.50. The smallest absolute Gasteiger partial charge is 0.271 e. The van der Waals surface area contributed by atoms with Crippen LogP contribution in [-0.4, -0.2) is 40.5 Å². The van der Waals surface area contributed by atoms with Gasteiger partial charge in [0.25, 0.3) is 5.56 Å². The highest BCUT2D eigenvalue weighted by atomic mass is 16.1. The van der Waals surface area contributed by atoms with Crippen molar-refractivity contribution in [1.82, 2.24) is 20.2 Å². The summed E-state index contributed by atoms with van der Waals surface area (Å²) < 4.78 is 0. The molecule has 1 saturated heterocycles. The Balaban J connectivity index is 1.85. The molecule has 0 unspecified atom stereocenters. The Hall–Kier alpha value is -1.72. The minimum atomic E-state index is -0.0684. The van der Waals surface area contributed by atoms with Gasteiger partial charge in [-0.15, -0.1) is 0 Å². The number of piperidine rings is 1. The van der Waals surface area contributed by atoms with E-state index in [2.05, 4.69) is 27.1 Å². The van der Waals surface area contributed by atoms with E-state index in [1.807, 2.05) is 24.3 Å². The summed E-state index contributed by atoms with van der Waals surface area (Å²) in [6.07, 6.45) is 2.28. The van der Waals surface area contributed by atoms with E-state index in [4.69, 9.17) is 0 Å². The van der Waals surface area contributed by atoms with Gasteiger partial charge in [-0.3, -0.25) is 9.69 Å². The predicted molar refractivity (Wildman–Crippen MR) is 84.3 cm³/mol. The van der Waals surface area contributed by atoms with Crippen molar-refractivity contribution in [1.29, 1.82) is 0 Å². The Morgan fingerprint density at radius 1 is 1.29 bits per heavy atom. The van der Waals surface area contributed by atoms with Crippen molar-refractivity contribution < 1.29 is 0 Å². The van der Waals surface area contributed by atoms with E-state index in [-0.39, 0.29) is 5.56 Å². The van der Waals surface area contributed by atoms with E-state index >= 15 is 0 Å². The van der Waals surface area contributed by atoms with Crippen LogP contribution in [0.15, 0.2) is 29.1 Å². The van der Waals surface area contributed by atoms with Gasteiger partial charge in [-0.25, -0.2) is 4.98 Å². The first-order valence-corrected chi connectivity index (χ1v) is 7.70. The summed E-state index contributed by atoms with van der Waals surface area (Å²) in [5.41, 5.74) is 2.21. The topological polar surface area (TPSA) is 61.0 Å². The lowest BCUT2D eigenvalue weighted by atomic mass is 10.0. The number of aromatic amines is 1. The van der Waals surface area contributed by atoms with E-state index in [0.29, 0.717) is 18.3 Å². The van der Waals surface area contributed by atoms with Gasteiger partial charge in [-0.2, -0.15) is 0 Å². The van der Waals surface area contributed by atoms with Crippen molar-refractivity contribution in [3.8, 4) is 0 Å². The zero-order valence-corrected chi connectivity index (χ0v) is 12.4. The number of hydrogen-bond donors (Lipinski definition) is 2. The molecular weight excluding hydrogens is 264 g/mol. The fraction of sp³-hybridized carbons (Fsp3) is 0.500. The number of H-pyrrole nitrogens is 1. The van der Waals surface area contributed by atoms with Crippen LogP contribution < -0.4 is 10.9 Å². The molecule has 2 aromatic rings. The van der Waals surface area contributed by atoms with Gasteiger partial charge < -0.3 is 10.3 Å². The fourth-order valence-electron chi connectivity index (χ4n) is 3.04. The third kappa shape index (κ3) is 3.14. The average Bonchev–Trinajstić information content (AvgIpc) is 2.53. The Morgan fingerprint density at radius 3 is 2.81 bits per heavy atom. The normalized spacial score (nSPS) is 16.7. The van der Waals surface area contributed by atoms with Crippen LogP contribution in [0.25, 0.3) is 11.0 Å². The molecule has 0 spiro atoms. The number of aromatic nitrogens is 2. The van der Waals surface area contributed by atoms with Crippen LogP contribution >= 0.6 is 0 Å². The molecule has 0 bridgehead atoms. The largest absolute Gasteiger partial charge is 0.319 e. The number of hydrogen-bond acceptors (Lipinski definition) is 4. The van der Waals surface area contributed by atoms with Gasteiger partial charge in [-0.1, -0.05) is 19.1 Å². The highest BCUT2D eigenvalue weighted by Gasteiger charge is 2.21. The lowest BCUT2D eigenvalue weighted by Gasteiger charge is -2.33. The number of nitrogens with one attached hydrogen (secondary N) is 2. The molecule has 1 aliphatic rings. The summed E-state index contributed by atoms with van der Waals surface area (Å²) in [4.78, 5) is 22.1. The van der Waals surface area contributed by atoms with Gasteiger partial charge >= 0.3 is 0 Å². The first-order valence-electron chi connectivity index (χ1n) is 7.70. The highest BCUT2D eigenvalue weighted by Crippen LogP contribution is 2.14. The molecule has 1 aromatic carbocycles. The van der Waals surface area contributed by atoms with E-state index < -0.39 is 0 Å². The minimum absolute atomic E-state index is 0.0684. The second-order valence-corrected chi connectivity index (χ2v) is 5.57. The molecule has 0 aliphatic carbocycles. The zero-order chi connectivity index (χ0) is 14.7. The lowest BCUT2D eigenvalue weighted by Crippen LogP contribution is -2.43. The quantitative estimate of drug-likeness (QED) is 0.894. The maximum absolute atomic E-state index is 12.2. The van der Waals surface area contributed by atoms with Crippen molar-refractivity contribution in [2.45, 2.75) is 32.4 Å². The van der Waals surface area contributed by atoms with Gasteiger partial charge in [0.05, 0.1) is 11.0 Å². The number of nitrogens with zero attached hydrogens (tertiary/aromatic N) is 2. The monoisotopic (exact) mass is 286 g/mol. The van der Waals surface area contributed by atoms with Gasteiger partial charge in [0, 0.05) is 12.6 Å². The molecule has 112 valence electrons. The van der Waals surface area contributed by atoms with Crippen LogP contribution in [0.4, 0.5) is 0 Å². The average molecular weight is 286 g/mol. The molecule has 2 heterocycles. The second-order valence-electron chi connectivity index (χ2n) is 5.57. The van der Waals surface area contributed by atoms with Crippen LogP contribution in [-0.2, 0) is 6.54 Å². The van der Waals surface area contributed by atoms with Crippen molar-refractivity contribution in [2.24, 2.45) is 0 Å². The molecule has 0 atom stereocenters. The Morgan fingerprint density at radius 2 is 2.05 bits per heavy atom. The number of fused-ring (bicyclic) bond motifs is 1. The van der Waals surface area contributed by atoms with Crippen LogP contribution in [0.1, 0.15) is 25.5 Å². The van der Waals surface area contributed by atoms with E-state index in [1.165, 1.54) is 0 Å². The number of para-hydroxylation sites is 2. The second kappa shape index (κ2) is 6.37. The molecule has 21 heavy (non-hydrogen) atoms. The summed E-state index contributed by atoms with van der Waals surface area (Å²) in [7, 11) is 0. The summed E-state index contributed by atoms with van der Waals surface area (Å²) in [5.74, 6) is 0. The number of benzene rings is 1. The molecule has 0 saturated carbocycles. The zero-order valence-electron chi connectivity index (χ0n) is 12.4. The summed E-state index contributed by atoms with van der Waals surface area (Å²) in [6, 6.07) is 8.23. The molecule has 1 fully saturated rings. The standard InChI is InChI=1S/C16H22N4O/c1-2-20(12-7-9-17-10-8-12)11-15-16(21)19-14-6-4-3-5-13(14)18-15/h3-6,12,17H,2,7-11H2,1H3,(H,19,21). The molecule has 5 heteroatoms. The van der Waals surface area contributed by atoms with Crippen LogP contribution in [0, 0.1) is 0 Å². The van der Waals surface area contributed by atoms with Gasteiger partial charge in [0.2, 0.25) is 0 Å². The summed E-state index contributed by atoms with van der Waals surface area (Å²) in [5, 5.41) is 3.38. The first kappa shape index (κ1) is 14.2. The van der Waals surface area contributed by atoms with Crippen molar-refractivity contribution in [3.63, 3.8) is 0 Å². The Kier molecular flexibility index (Phi) is 4.31. The molecule has 1 aromatic heterocycles. The molecule has 0 amide bonds. The maximum atomic E-state index is 12.2. The van der Waals surface area contributed by atoms with Crippen LogP contribution in [0.5, 0.6) is 0 Å². The molecule has 3 rings (SSSR count).